The molecule has 0 radical (unpaired) electrons. The molecule has 0 unspecified atom stereocenters. The highest BCUT2D eigenvalue weighted by Crippen LogP contribution is 2.45. The zero-order valence-corrected chi connectivity index (χ0v) is 30.3. The lowest BCUT2D eigenvalue weighted by molar-refractivity contribution is 0.605. The summed E-state index contributed by atoms with van der Waals surface area (Å²) in [5, 5.41) is 10.8. The van der Waals surface area contributed by atoms with Gasteiger partial charge in [0, 0.05) is 21.7 Å². The Kier molecular flexibility index (Phi) is 6.96. The van der Waals surface area contributed by atoms with Crippen LogP contribution in [-0.2, 0) is 0 Å². The van der Waals surface area contributed by atoms with E-state index in [4.69, 9.17) is 8.83 Å². The molecule has 2 nitrogen and oxygen atoms in total. The highest BCUT2D eigenvalue weighted by atomic mass is 16.3. The minimum Gasteiger partial charge on any atom is -0.456 e. The topological polar surface area (TPSA) is 26.3 Å². The molecule has 11 rings (SSSR count). The van der Waals surface area contributed by atoms with Crippen molar-refractivity contribution in [3.63, 3.8) is 0 Å². The van der Waals surface area contributed by atoms with Crippen LogP contribution in [0.3, 0.4) is 0 Å². The molecule has 0 spiro atoms. The number of furan rings is 2. The monoisotopic (exact) mass is 702 g/mol. The van der Waals surface area contributed by atoms with E-state index in [1.54, 1.807) is 0 Å². The predicted octanol–water partition coefficient (Wildman–Crippen LogP) is 15.4. The van der Waals surface area contributed by atoms with Crippen molar-refractivity contribution >= 4 is 71.3 Å². The van der Waals surface area contributed by atoms with Crippen LogP contribution in [0.15, 0.2) is 185 Å². The Morgan fingerprint density at radius 3 is 1.65 bits per heavy atom. The van der Waals surface area contributed by atoms with Gasteiger partial charge >= 0.3 is 0 Å². The third-order valence-electron chi connectivity index (χ3n) is 11.4. The fourth-order valence-corrected chi connectivity index (χ4v) is 8.91. The van der Waals surface area contributed by atoms with Gasteiger partial charge in [0.25, 0.3) is 0 Å². The molecule has 11 aromatic rings. The summed E-state index contributed by atoms with van der Waals surface area (Å²) in [5.74, 6) is 0.769. The number of aryl methyl sites for hydroxylation is 1. The number of hydrogen-bond donors (Lipinski definition) is 0. The molecular formula is C53H34O2. The summed E-state index contributed by atoms with van der Waals surface area (Å²) < 4.78 is 12.7. The van der Waals surface area contributed by atoms with E-state index in [2.05, 4.69) is 171 Å². The van der Waals surface area contributed by atoms with Crippen LogP contribution in [0.25, 0.3) is 116 Å². The SMILES string of the molecule is C=Cc1oc2cc(-c3ccc4cc(-c5c6ccccc6c(-c6ccccc6)c6ccccc56)ccc4c3)ccc2c1-c1ccc2oc3ccccc3c2c1C. The fraction of sp³-hybridized carbons (Fsp3) is 0.0189. The van der Waals surface area contributed by atoms with Crippen LogP contribution in [0.5, 0.6) is 0 Å². The number of rotatable bonds is 5. The number of benzene rings is 9. The second-order valence-electron chi connectivity index (χ2n) is 14.4. The van der Waals surface area contributed by atoms with Gasteiger partial charge in [0.1, 0.15) is 22.5 Å². The van der Waals surface area contributed by atoms with Crippen LogP contribution >= 0.6 is 0 Å². The van der Waals surface area contributed by atoms with Crippen molar-refractivity contribution in [3.8, 4) is 44.5 Å². The summed E-state index contributed by atoms with van der Waals surface area (Å²) in [6.07, 6.45) is 1.82. The zero-order valence-electron chi connectivity index (χ0n) is 30.3. The van der Waals surface area contributed by atoms with E-state index < -0.39 is 0 Å². The van der Waals surface area contributed by atoms with E-state index in [-0.39, 0.29) is 0 Å². The molecule has 258 valence electrons. The molecule has 0 N–H and O–H groups in total. The molecule has 0 fully saturated rings. The van der Waals surface area contributed by atoms with Gasteiger partial charge in [-0.05, 0) is 126 Å². The van der Waals surface area contributed by atoms with E-state index in [9.17, 15) is 0 Å². The molecule has 0 amide bonds. The second kappa shape index (κ2) is 12.2. The predicted molar refractivity (Wildman–Crippen MR) is 233 cm³/mol. The Hall–Kier alpha value is -7.16. The molecule has 0 aliphatic heterocycles. The summed E-state index contributed by atoms with van der Waals surface area (Å²) in [7, 11) is 0. The van der Waals surface area contributed by atoms with Crippen molar-refractivity contribution in [1.82, 2.24) is 0 Å². The molecule has 9 aromatic carbocycles. The highest BCUT2D eigenvalue weighted by Gasteiger charge is 2.21. The molecule has 0 aliphatic rings. The first kappa shape index (κ1) is 31.4. The Morgan fingerprint density at radius 1 is 0.400 bits per heavy atom. The molecule has 0 saturated heterocycles. The minimum absolute atomic E-state index is 0.769. The normalized spacial score (nSPS) is 11.8. The van der Waals surface area contributed by atoms with Gasteiger partial charge in [-0.1, -0.05) is 140 Å². The van der Waals surface area contributed by atoms with Crippen LogP contribution in [0, 0.1) is 6.92 Å². The first-order valence-corrected chi connectivity index (χ1v) is 18.8. The maximum Gasteiger partial charge on any atom is 0.136 e. The number of para-hydroxylation sites is 1. The van der Waals surface area contributed by atoms with Crippen molar-refractivity contribution in [2.24, 2.45) is 0 Å². The maximum absolute atomic E-state index is 6.52. The van der Waals surface area contributed by atoms with Crippen molar-refractivity contribution in [2.45, 2.75) is 6.92 Å². The van der Waals surface area contributed by atoms with E-state index in [1.165, 1.54) is 60.1 Å². The first-order valence-electron chi connectivity index (χ1n) is 18.8. The van der Waals surface area contributed by atoms with Gasteiger partial charge in [-0.3, -0.25) is 0 Å². The molecule has 55 heavy (non-hydrogen) atoms. The van der Waals surface area contributed by atoms with Gasteiger partial charge in [-0.15, -0.1) is 0 Å². The van der Waals surface area contributed by atoms with Crippen molar-refractivity contribution < 1.29 is 8.83 Å². The lowest BCUT2D eigenvalue weighted by Crippen LogP contribution is -1.90. The third kappa shape index (κ3) is 4.82. The van der Waals surface area contributed by atoms with Crippen LogP contribution in [0.1, 0.15) is 11.3 Å². The van der Waals surface area contributed by atoms with Gasteiger partial charge < -0.3 is 8.83 Å². The van der Waals surface area contributed by atoms with E-state index >= 15 is 0 Å². The van der Waals surface area contributed by atoms with E-state index in [0.29, 0.717) is 0 Å². The molecule has 0 atom stereocenters. The lowest BCUT2D eigenvalue weighted by Gasteiger charge is -2.18. The van der Waals surface area contributed by atoms with E-state index in [1.807, 2.05) is 18.2 Å². The maximum atomic E-state index is 6.52. The summed E-state index contributed by atoms with van der Waals surface area (Å²) >= 11 is 0. The summed E-state index contributed by atoms with van der Waals surface area (Å²) in [6.45, 7) is 6.30. The average Bonchev–Trinajstić information content (AvgIpc) is 3.81. The van der Waals surface area contributed by atoms with Gasteiger partial charge in [-0.2, -0.15) is 0 Å². The lowest BCUT2D eigenvalue weighted by atomic mass is 9.85. The van der Waals surface area contributed by atoms with Gasteiger partial charge in [-0.25, -0.2) is 0 Å². The number of fused-ring (bicyclic) bond motifs is 7. The van der Waals surface area contributed by atoms with Crippen molar-refractivity contribution in [3.05, 3.63) is 188 Å². The molecule has 0 saturated carbocycles. The molecule has 0 bridgehead atoms. The number of hydrogen-bond acceptors (Lipinski definition) is 2. The standard InChI is InChI=1S/C53H34O2/c1-3-46-53(39-27-28-48-50(32(39)2)44-19-11-12-20-47(44)55-48)45-26-25-37(31-49(45)54-46)35-21-22-36-30-38(24-23-34(36)29-35)52-42-17-9-7-15-40(42)51(33-13-5-4-6-14-33)41-16-8-10-18-43(41)52/h3-31H,1H2,2H3. The molecule has 0 aliphatic carbocycles. The fourth-order valence-electron chi connectivity index (χ4n) is 8.91. The largest absolute Gasteiger partial charge is 0.456 e. The minimum atomic E-state index is 0.769. The average molecular weight is 703 g/mol. The summed E-state index contributed by atoms with van der Waals surface area (Å²) in [4.78, 5) is 0. The van der Waals surface area contributed by atoms with Gasteiger partial charge in [0.05, 0.1) is 0 Å². The van der Waals surface area contributed by atoms with Crippen LogP contribution in [0.4, 0.5) is 0 Å². The summed E-state index contributed by atoms with van der Waals surface area (Å²) in [5.41, 5.74) is 13.2. The summed E-state index contributed by atoms with van der Waals surface area (Å²) in [6, 6.07) is 61.1. The third-order valence-corrected chi connectivity index (χ3v) is 11.4. The van der Waals surface area contributed by atoms with Crippen LogP contribution in [-0.4, -0.2) is 0 Å². The highest BCUT2D eigenvalue weighted by molar-refractivity contribution is 6.22. The van der Waals surface area contributed by atoms with Crippen molar-refractivity contribution in [1.29, 1.82) is 0 Å². The first-order chi connectivity index (χ1) is 27.1. The molecule has 2 heterocycles. The smallest absolute Gasteiger partial charge is 0.136 e. The molecular weight excluding hydrogens is 669 g/mol. The van der Waals surface area contributed by atoms with Gasteiger partial charge in [0.15, 0.2) is 0 Å². The van der Waals surface area contributed by atoms with Crippen molar-refractivity contribution in [2.75, 3.05) is 0 Å². The molecule has 2 heteroatoms. The molecule has 2 aromatic heterocycles. The Balaban J connectivity index is 1.01. The second-order valence-corrected chi connectivity index (χ2v) is 14.4. The Morgan fingerprint density at radius 2 is 0.964 bits per heavy atom. The van der Waals surface area contributed by atoms with Crippen LogP contribution < -0.4 is 0 Å². The Labute approximate surface area is 318 Å². The van der Waals surface area contributed by atoms with E-state index in [0.717, 1.165) is 60.9 Å². The van der Waals surface area contributed by atoms with Crippen LogP contribution in [0.2, 0.25) is 0 Å². The zero-order chi connectivity index (χ0) is 36.6. The quantitative estimate of drug-likeness (QED) is 0.167. The van der Waals surface area contributed by atoms with Gasteiger partial charge in [0.2, 0.25) is 0 Å². The Bertz CT molecular complexity index is 3280.